The molecule has 0 atom stereocenters. The molecule has 22 heavy (non-hydrogen) atoms. The summed E-state index contributed by atoms with van der Waals surface area (Å²) in [5.41, 5.74) is 4.18. The van der Waals surface area contributed by atoms with Gasteiger partial charge in [-0.3, -0.25) is 9.78 Å². The van der Waals surface area contributed by atoms with Crippen LogP contribution in [0.3, 0.4) is 0 Å². The van der Waals surface area contributed by atoms with Gasteiger partial charge in [0, 0.05) is 19.3 Å². The number of pyridine rings is 1. The zero-order valence-corrected chi connectivity index (χ0v) is 13.9. The van der Waals surface area contributed by atoms with E-state index >= 15 is 0 Å². The molecule has 1 aliphatic rings. The normalized spacial score (nSPS) is 15.7. The largest absolute Gasteiger partial charge is 0.339 e. The number of aryl methyl sites for hydroxylation is 1. The Kier molecular flexibility index (Phi) is 4.52. The van der Waals surface area contributed by atoms with Gasteiger partial charge in [-0.15, -0.1) is 11.3 Å². The van der Waals surface area contributed by atoms with Crippen LogP contribution in [-0.4, -0.2) is 33.9 Å². The van der Waals surface area contributed by atoms with Gasteiger partial charge in [0.05, 0.1) is 27.3 Å². The summed E-state index contributed by atoms with van der Waals surface area (Å²) < 4.78 is 0. The van der Waals surface area contributed by atoms with Crippen LogP contribution in [0.25, 0.3) is 10.6 Å². The third kappa shape index (κ3) is 2.90. The predicted octanol–water partition coefficient (Wildman–Crippen LogP) is 3.92. The molecule has 5 heteroatoms. The SMILES string of the molecule is Cc1ncsc1-c1ncccc1C(=O)N(C)C1CCCCC1. The summed E-state index contributed by atoms with van der Waals surface area (Å²) in [6.45, 7) is 1.96. The van der Waals surface area contributed by atoms with Crippen LogP contribution >= 0.6 is 11.3 Å². The van der Waals surface area contributed by atoms with Gasteiger partial charge in [-0.2, -0.15) is 0 Å². The minimum Gasteiger partial charge on any atom is -0.339 e. The lowest BCUT2D eigenvalue weighted by Gasteiger charge is -2.31. The Bertz CT molecular complexity index is 661. The number of carbonyl (C=O) groups excluding carboxylic acids is 1. The van der Waals surface area contributed by atoms with Crippen LogP contribution in [0.5, 0.6) is 0 Å². The van der Waals surface area contributed by atoms with Crippen molar-refractivity contribution in [2.45, 2.75) is 45.1 Å². The smallest absolute Gasteiger partial charge is 0.256 e. The quantitative estimate of drug-likeness (QED) is 0.862. The molecule has 0 N–H and O–H groups in total. The molecular weight excluding hydrogens is 294 g/mol. The van der Waals surface area contributed by atoms with E-state index in [9.17, 15) is 4.79 Å². The Morgan fingerprint density at radius 2 is 2.05 bits per heavy atom. The topological polar surface area (TPSA) is 46.1 Å². The molecular formula is C17H21N3OS. The second kappa shape index (κ2) is 6.57. The maximum absolute atomic E-state index is 12.9. The molecule has 1 amide bonds. The molecule has 0 aromatic carbocycles. The highest BCUT2D eigenvalue weighted by Crippen LogP contribution is 2.30. The number of thiazole rings is 1. The highest BCUT2D eigenvalue weighted by Gasteiger charge is 2.25. The fourth-order valence-electron chi connectivity index (χ4n) is 3.11. The van der Waals surface area contributed by atoms with Crippen LogP contribution in [0, 0.1) is 6.92 Å². The van der Waals surface area contributed by atoms with Gasteiger partial charge in [0.2, 0.25) is 0 Å². The van der Waals surface area contributed by atoms with Crippen LogP contribution < -0.4 is 0 Å². The van der Waals surface area contributed by atoms with Crippen molar-refractivity contribution in [3.8, 4) is 10.6 Å². The molecule has 3 rings (SSSR count). The maximum Gasteiger partial charge on any atom is 0.256 e. The molecule has 0 saturated heterocycles. The number of hydrogen-bond acceptors (Lipinski definition) is 4. The van der Waals surface area contributed by atoms with Gasteiger partial charge in [0.25, 0.3) is 5.91 Å². The van der Waals surface area contributed by atoms with Gasteiger partial charge in [0.1, 0.15) is 0 Å². The van der Waals surface area contributed by atoms with Crippen molar-refractivity contribution in [1.82, 2.24) is 14.9 Å². The minimum absolute atomic E-state index is 0.0720. The van der Waals surface area contributed by atoms with E-state index in [4.69, 9.17) is 0 Å². The average molecular weight is 315 g/mol. The van der Waals surface area contributed by atoms with Gasteiger partial charge in [-0.25, -0.2) is 4.98 Å². The maximum atomic E-state index is 12.9. The fourth-order valence-corrected chi connectivity index (χ4v) is 3.93. The number of carbonyl (C=O) groups is 1. The molecule has 0 spiro atoms. The van der Waals surface area contributed by atoms with Gasteiger partial charge in [-0.1, -0.05) is 19.3 Å². The predicted molar refractivity (Wildman–Crippen MR) is 89.0 cm³/mol. The van der Waals surface area contributed by atoms with E-state index < -0.39 is 0 Å². The highest BCUT2D eigenvalue weighted by molar-refractivity contribution is 7.13. The zero-order valence-electron chi connectivity index (χ0n) is 13.1. The van der Waals surface area contributed by atoms with Crippen LogP contribution in [0.1, 0.15) is 48.2 Å². The number of aromatic nitrogens is 2. The van der Waals surface area contributed by atoms with Gasteiger partial charge < -0.3 is 4.90 Å². The molecule has 0 unspecified atom stereocenters. The van der Waals surface area contributed by atoms with Crippen LogP contribution in [0.4, 0.5) is 0 Å². The van der Waals surface area contributed by atoms with E-state index in [1.807, 2.05) is 31.0 Å². The summed E-state index contributed by atoms with van der Waals surface area (Å²) in [4.78, 5) is 24.6. The molecule has 0 radical (unpaired) electrons. The molecule has 116 valence electrons. The first-order chi connectivity index (χ1) is 10.7. The second-order valence-electron chi connectivity index (χ2n) is 5.87. The van der Waals surface area contributed by atoms with Gasteiger partial charge in [0.15, 0.2) is 0 Å². The first kappa shape index (κ1) is 15.2. The van der Waals surface area contributed by atoms with Gasteiger partial charge >= 0.3 is 0 Å². The molecule has 0 bridgehead atoms. The molecule has 2 aromatic heterocycles. The first-order valence-corrected chi connectivity index (χ1v) is 8.69. The van der Waals surface area contributed by atoms with E-state index in [1.165, 1.54) is 30.6 Å². The summed E-state index contributed by atoms with van der Waals surface area (Å²) in [6, 6.07) is 4.07. The van der Waals surface area contributed by atoms with Crippen molar-refractivity contribution in [2.75, 3.05) is 7.05 Å². The highest BCUT2D eigenvalue weighted by atomic mass is 32.1. The zero-order chi connectivity index (χ0) is 15.5. The number of rotatable bonds is 3. The Balaban J connectivity index is 1.91. The summed E-state index contributed by atoms with van der Waals surface area (Å²) in [5.74, 6) is 0.0720. The van der Waals surface area contributed by atoms with E-state index in [2.05, 4.69) is 9.97 Å². The molecule has 1 saturated carbocycles. The summed E-state index contributed by atoms with van der Waals surface area (Å²) in [7, 11) is 1.93. The Labute approximate surface area is 135 Å². The van der Waals surface area contributed by atoms with Crippen molar-refractivity contribution in [3.05, 3.63) is 35.1 Å². The number of amides is 1. The van der Waals surface area contributed by atoms with Crippen molar-refractivity contribution in [3.63, 3.8) is 0 Å². The Morgan fingerprint density at radius 1 is 1.27 bits per heavy atom. The van der Waals surface area contributed by atoms with E-state index in [0.29, 0.717) is 11.6 Å². The van der Waals surface area contributed by atoms with Crippen molar-refractivity contribution >= 4 is 17.2 Å². The van der Waals surface area contributed by atoms with Crippen molar-refractivity contribution < 1.29 is 4.79 Å². The van der Waals surface area contributed by atoms with Crippen LogP contribution in [-0.2, 0) is 0 Å². The molecule has 1 aliphatic carbocycles. The second-order valence-corrected chi connectivity index (χ2v) is 6.73. The third-order valence-electron chi connectivity index (χ3n) is 4.44. The Hall–Kier alpha value is -1.75. The molecule has 2 heterocycles. The lowest BCUT2D eigenvalue weighted by atomic mass is 9.94. The minimum atomic E-state index is 0.0720. The van der Waals surface area contributed by atoms with Crippen molar-refractivity contribution in [1.29, 1.82) is 0 Å². The lowest BCUT2D eigenvalue weighted by Crippen LogP contribution is -2.38. The number of nitrogens with zero attached hydrogens (tertiary/aromatic N) is 3. The fraction of sp³-hybridized carbons (Fsp3) is 0.471. The van der Waals surface area contributed by atoms with Crippen molar-refractivity contribution in [2.24, 2.45) is 0 Å². The standard InChI is InChI=1S/C17H21N3OS/c1-12-16(22-11-19-12)15-14(9-6-10-18-15)17(21)20(2)13-7-4-3-5-8-13/h6,9-11,13H,3-5,7-8H2,1-2H3. The van der Waals surface area contributed by atoms with E-state index in [0.717, 1.165) is 29.1 Å². The number of hydrogen-bond donors (Lipinski definition) is 0. The lowest BCUT2D eigenvalue weighted by molar-refractivity contribution is 0.0696. The molecule has 0 aliphatic heterocycles. The Morgan fingerprint density at radius 3 is 2.73 bits per heavy atom. The van der Waals surface area contributed by atoms with Crippen LogP contribution in [0.2, 0.25) is 0 Å². The third-order valence-corrected chi connectivity index (χ3v) is 5.38. The van der Waals surface area contributed by atoms with E-state index in [-0.39, 0.29) is 5.91 Å². The average Bonchev–Trinajstić information content (AvgIpc) is 3.00. The molecule has 2 aromatic rings. The van der Waals surface area contributed by atoms with E-state index in [1.54, 1.807) is 11.7 Å². The monoisotopic (exact) mass is 315 g/mol. The van der Waals surface area contributed by atoms with Crippen LogP contribution in [0.15, 0.2) is 23.8 Å². The summed E-state index contributed by atoms with van der Waals surface area (Å²) in [6.07, 6.45) is 7.68. The molecule has 4 nitrogen and oxygen atoms in total. The summed E-state index contributed by atoms with van der Waals surface area (Å²) in [5, 5.41) is 0. The molecule has 1 fully saturated rings. The summed E-state index contributed by atoms with van der Waals surface area (Å²) >= 11 is 1.54. The first-order valence-electron chi connectivity index (χ1n) is 7.81. The van der Waals surface area contributed by atoms with Gasteiger partial charge in [-0.05, 0) is 31.9 Å².